The summed E-state index contributed by atoms with van der Waals surface area (Å²) in [7, 11) is 0. The van der Waals surface area contributed by atoms with E-state index in [1.807, 2.05) is 12.1 Å². The number of aliphatic hydroxyl groups is 1. The lowest BCUT2D eigenvalue weighted by atomic mass is 10.3. The molecule has 4 heteroatoms. The molecule has 0 saturated heterocycles. The van der Waals surface area contributed by atoms with Crippen molar-refractivity contribution in [2.75, 3.05) is 6.61 Å². The number of fused-ring (bicyclic) bond motifs is 1. The molecule has 1 aromatic carbocycles. The van der Waals surface area contributed by atoms with E-state index in [-0.39, 0.29) is 23.6 Å². The molecule has 2 aromatic rings. The molecule has 1 aromatic heterocycles. The van der Waals surface area contributed by atoms with Crippen LogP contribution >= 0.6 is 11.3 Å². The molecule has 0 radical (unpaired) electrons. The number of halogens is 1. The number of aliphatic hydroxyl groups excluding tert-OH is 1. The first kappa shape index (κ1) is 11.6. The maximum Gasteiger partial charge on any atom is 0.235 e. The zero-order valence-electron chi connectivity index (χ0n) is 7.90. The first-order chi connectivity index (χ1) is 6.33. The number of aryl methyl sites for hydroxylation is 1. The molecule has 2 rings (SSSR count). The van der Waals surface area contributed by atoms with Gasteiger partial charge in [0, 0.05) is 13.0 Å². The SMILES string of the molecule is Cc1sc2ccccc2[n+]1CCO.[Br-]. The highest BCUT2D eigenvalue weighted by Crippen LogP contribution is 2.18. The van der Waals surface area contributed by atoms with Crippen LogP contribution in [0, 0.1) is 6.92 Å². The number of hydrogen-bond donors (Lipinski definition) is 1. The zero-order valence-corrected chi connectivity index (χ0v) is 10.3. The molecule has 0 aliphatic carbocycles. The summed E-state index contributed by atoms with van der Waals surface area (Å²) >= 11 is 1.77. The van der Waals surface area contributed by atoms with Crippen molar-refractivity contribution in [3.8, 4) is 0 Å². The van der Waals surface area contributed by atoms with Gasteiger partial charge in [0.05, 0.1) is 0 Å². The molecule has 0 atom stereocenters. The highest BCUT2D eigenvalue weighted by atomic mass is 79.9. The minimum absolute atomic E-state index is 0. The van der Waals surface area contributed by atoms with Crippen molar-refractivity contribution in [2.24, 2.45) is 0 Å². The predicted octanol–water partition coefficient (Wildman–Crippen LogP) is -1.51. The molecule has 0 amide bonds. The molecule has 76 valence electrons. The molecule has 2 nitrogen and oxygen atoms in total. The minimum atomic E-state index is 0. The second-order valence-electron chi connectivity index (χ2n) is 2.96. The second-order valence-corrected chi connectivity index (χ2v) is 4.20. The van der Waals surface area contributed by atoms with Gasteiger partial charge in [-0.2, -0.15) is 4.57 Å². The van der Waals surface area contributed by atoms with Gasteiger partial charge in [-0.1, -0.05) is 23.5 Å². The monoisotopic (exact) mass is 273 g/mol. The van der Waals surface area contributed by atoms with Gasteiger partial charge in [-0.15, -0.1) is 0 Å². The normalized spacial score (nSPS) is 10.1. The van der Waals surface area contributed by atoms with E-state index in [9.17, 15) is 0 Å². The van der Waals surface area contributed by atoms with Crippen molar-refractivity contribution >= 4 is 21.6 Å². The maximum atomic E-state index is 8.91. The molecule has 0 saturated carbocycles. The molecule has 0 fully saturated rings. The Bertz CT molecular complexity index is 427. The van der Waals surface area contributed by atoms with Crippen LogP contribution in [0.4, 0.5) is 0 Å². The van der Waals surface area contributed by atoms with Crippen LogP contribution in [0.1, 0.15) is 5.01 Å². The van der Waals surface area contributed by atoms with Crippen molar-refractivity contribution in [2.45, 2.75) is 13.5 Å². The Morgan fingerprint density at radius 2 is 2.07 bits per heavy atom. The number of thiazole rings is 1. The van der Waals surface area contributed by atoms with Crippen LogP contribution in [0.3, 0.4) is 0 Å². The smallest absolute Gasteiger partial charge is 0.235 e. The van der Waals surface area contributed by atoms with Crippen LogP contribution in [0.2, 0.25) is 0 Å². The van der Waals surface area contributed by atoms with E-state index in [1.54, 1.807) is 11.3 Å². The molecule has 1 heterocycles. The fourth-order valence-corrected chi connectivity index (χ4v) is 2.58. The summed E-state index contributed by atoms with van der Waals surface area (Å²) in [4.78, 5) is 0. The number of nitrogens with zero attached hydrogens (tertiary/aromatic N) is 1. The van der Waals surface area contributed by atoms with Gasteiger partial charge in [-0.25, -0.2) is 0 Å². The van der Waals surface area contributed by atoms with Crippen LogP contribution in [-0.4, -0.2) is 11.7 Å². The van der Waals surface area contributed by atoms with Gasteiger partial charge < -0.3 is 22.1 Å². The standard InChI is InChI=1S/C10H12NOS.BrH/c1-8-11(6-7-12)9-4-2-3-5-10(9)13-8;/h2-5,12H,6-7H2,1H3;1H/q+1;/p-1. The van der Waals surface area contributed by atoms with Crippen molar-refractivity contribution in [1.29, 1.82) is 0 Å². The quantitative estimate of drug-likeness (QED) is 0.662. The fraction of sp³-hybridized carbons (Fsp3) is 0.300. The topological polar surface area (TPSA) is 24.1 Å². The van der Waals surface area contributed by atoms with Crippen molar-refractivity contribution in [1.82, 2.24) is 0 Å². The van der Waals surface area contributed by atoms with E-state index in [0.717, 1.165) is 0 Å². The van der Waals surface area contributed by atoms with Gasteiger partial charge in [-0.05, 0) is 6.07 Å². The summed E-state index contributed by atoms with van der Waals surface area (Å²) in [6.07, 6.45) is 0. The molecule has 0 aliphatic heterocycles. The first-order valence-corrected chi connectivity index (χ1v) is 5.13. The van der Waals surface area contributed by atoms with E-state index in [0.29, 0.717) is 6.54 Å². The summed E-state index contributed by atoms with van der Waals surface area (Å²) in [6, 6.07) is 8.28. The average Bonchev–Trinajstić information content (AvgIpc) is 2.44. The maximum absolute atomic E-state index is 8.91. The van der Waals surface area contributed by atoms with E-state index in [1.165, 1.54) is 15.2 Å². The van der Waals surface area contributed by atoms with Crippen LogP contribution in [0.5, 0.6) is 0 Å². The molecular weight excluding hydrogens is 262 g/mol. The lowest BCUT2D eigenvalue weighted by molar-refractivity contribution is -0.674. The van der Waals surface area contributed by atoms with E-state index in [2.05, 4.69) is 23.6 Å². The Morgan fingerprint density at radius 3 is 2.79 bits per heavy atom. The predicted molar refractivity (Wildman–Crippen MR) is 53.8 cm³/mol. The molecule has 0 spiro atoms. The fourth-order valence-electron chi connectivity index (χ4n) is 1.53. The summed E-state index contributed by atoms with van der Waals surface area (Å²) in [5, 5.41) is 10.2. The number of aromatic nitrogens is 1. The number of rotatable bonds is 2. The Balaban J connectivity index is 0.000000980. The Morgan fingerprint density at radius 1 is 1.36 bits per heavy atom. The number of benzene rings is 1. The molecule has 1 N–H and O–H groups in total. The third-order valence-electron chi connectivity index (χ3n) is 2.12. The van der Waals surface area contributed by atoms with E-state index >= 15 is 0 Å². The second kappa shape index (κ2) is 4.87. The van der Waals surface area contributed by atoms with Gasteiger partial charge in [0.1, 0.15) is 11.3 Å². The Labute approximate surface area is 97.6 Å². The molecule has 0 unspecified atom stereocenters. The van der Waals surface area contributed by atoms with Crippen molar-refractivity contribution < 1.29 is 26.7 Å². The third-order valence-corrected chi connectivity index (χ3v) is 3.20. The summed E-state index contributed by atoms with van der Waals surface area (Å²) in [5.74, 6) is 0. The molecule has 0 bridgehead atoms. The first-order valence-electron chi connectivity index (χ1n) is 4.32. The van der Waals surface area contributed by atoms with Gasteiger partial charge >= 0.3 is 0 Å². The van der Waals surface area contributed by atoms with E-state index < -0.39 is 0 Å². The lowest BCUT2D eigenvalue weighted by Crippen LogP contribution is -3.00. The lowest BCUT2D eigenvalue weighted by Gasteiger charge is -1.91. The molecule has 14 heavy (non-hydrogen) atoms. The van der Waals surface area contributed by atoms with Crippen LogP contribution in [0.15, 0.2) is 24.3 Å². The zero-order chi connectivity index (χ0) is 9.26. The summed E-state index contributed by atoms with van der Waals surface area (Å²) in [5.41, 5.74) is 1.22. The number of hydrogen-bond acceptors (Lipinski definition) is 2. The highest BCUT2D eigenvalue weighted by Gasteiger charge is 2.14. The average molecular weight is 274 g/mol. The minimum Gasteiger partial charge on any atom is -1.00 e. The van der Waals surface area contributed by atoms with Crippen LogP contribution < -0.4 is 21.5 Å². The van der Waals surface area contributed by atoms with Crippen LogP contribution in [0.25, 0.3) is 10.2 Å². The van der Waals surface area contributed by atoms with Gasteiger partial charge in [0.2, 0.25) is 10.5 Å². The third kappa shape index (κ3) is 1.97. The van der Waals surface area contributed by atoms with Crippen molar-refractivity contribution in [3.63, 3.8) is 0 Å². The number of para-hydroxylation sites is 1. The Hall–Kier alpha value is -0.450. The molecular formula is C10H12BrNOS. The highest BCUT2D eigenvalue weighted by molar-refractivity contribution is 7.18. The van der Waals surface area contributed by atoms with Gasteiger partial charge in [0.25, 0.3) is 0 Å². The Kier molecular flexibility index (Phi) is 4.04. The summed E-state index contributed by atoms with van der Waals surface area (Å²) in [6.45, 7) is 2.97. The van der Waals surface area contributed by atoms with E-state index in [4.69, 9.17) is 5.11 Å². The van der Waals surface area contributed by atoms with Gasteiger partial charge in [0.15, 0.2) is 6.54 Å². The summed E-state index contributed by atoms with van der Waals surface area (Å²) < 4.78 is 3.44. The van der Waals surface area contributed by atoms with Crippen LogP contribution in [-0.2, 0) is 6.54 Å². The van der Waals surface area contributed by atoms with Crippen molar-refractivity contribution in [3.05, 3.63) is 29.3 Å². The largest absolute Gasteiger partial charge is 1.00 e. The van der Waals surface area contributed by atoms with Gasteiger partial charge in [-0.3, -0.25) is 0 Å². The molecule has 0 aliphatic rings.